The molecule has 0 saturated carbocycles. The van der Waals surface area contributed by atoms with Crippen molar-refractivity contribution in [1.82, 2.24) is 15.5 Å². The molecule has 0 aliphatic carbocycles. The topological polar surface area (TPSA) is 87.7 Å². The lowest BCUT2D eigenvalue weighted by Crippen LogP contribution is -2.48. The summed E-state index contributed by atoms with van der Waals surface area (Å²) < 4.78 is 55.4. The van der Waals surface area contributed by atoms with E-state index in [9.17, 15) is 22.0 Å². The predicted octanol–water partition coefficient (Wildman–Crippen LogP) is 2.07. The van der Waals surface area contributed by atoms with Crippen molar-refractivity contribution in [3.05, 3.63) is 65.2 Å². The minimum atomic E-state index is -3.31. The molecule has 3 rings (SSSR count). The molecule has 1 heterocycles. The number of morpholine rings is 1. The summed E-state index contributed by atoms with van der Waals surface area (Å²) in [6, 6.07) is 9.84. The Morgan fingerprint density at radius 3 is 2.68 bits per heavy atom. The van der Waals surface area contributed by atoms with E-state index in [1.807, 2.05) is 0 Å². The highest BCUT2D eigenvalue weighted by Crippen LogP contribution is 2.14. The Balaban J connectivity index is 1.44. The van der Waals surface area contributed by atoms with Crippen LogP contribution in [0.4, 0.5) is 13.6 Å². The summed E-state index contributed by atoms with van der Waals surface area (Å²) >= 11 is 0. The van der Waals surface area contributed by atoms with E-state index in [0.717, 1.165) is 12.3 Å². The van der Waals surface area contributed by atoms with Gasteiger partial charge in [0.25, 0.3) is 0 Å². The number of sulfone groups is 1. The standard InChI is InChI=1S/C21H25F2N3O4S/c1-31(28,29)18-4-2-3-15(9-18)11-24-21(27)25-12-17-14-26(7-8-30-17)13-16-5-6-19(22)20(23)10-16/h2-6,9-10,17H,7-8,11-14H2,1H3,(H2,24,25,27)/t17-/m0/s1. The van der Waals surface area contributed by atoms with Crippen LogP contribution in [0.25, 0.3) is 0 Å². The molecule has 2 aromatic carbocycles. The van der Waals surface area contributed by atoms with Gasteiger partial charge in [0.1, 0.15) is 0 Å². The lowest BCUT2D eigenvalue weighted by atomic mass is 10.1. The maximum absolute atomic E-state index is 13.4. The van der Waals surface area contributed by atoms with Crippen LogP contribution in [0.1, 0.15) is 11.1 Å². The summed E-state index contributed by atoms with van der Waals surface area (Å²) in [4.78, 5) is 14.3. The van der Waals surface area contributed by atoms with Gasteiger partial charge in [0, 0.05) is 39.0 Å². The number of amides is 2. The molecule has 0 radical (unpaired) electrons. The molecule has 0 spiro atoms. The number of nitrogens with one attached hydrogen (secondary N) is 2. The number of carbonyl (C=O) groups is 1. The molecule has 31 heavy (non-hydrogen) atoms. The van der Waals surface area contributed by atoms with Crippen LogP contribution in [-0.4, -0.2) is 57.9 Å². The Hall–Kier alpha value is -2.56. The van der Waals surface area contributed by atoms with Crippen molar-refractivity contribution in [2.24, 2.45) is 0 Å². The summed E-state index contributed by atoms with van der Waals surface area (Å²) in [6.07, 6.45) is 0.894. The average Bonchev–Trinajstić information content (AvgIpc) is 2.73. The number of urea groups is 1. The van der Waals surface area contributed by atoms with Crippen LogP contribution in [0.2, 0.25) is 0 Å². The van der Waals surface area contributed by atoms with Crippen molar-refractivity contribution < 1.29 is 26.7 Å². The van der Waals surface area contributed by atoms with Crippen molar-refractivity contribution in [2.75, 3.05) is 32.5 Å². The molecule has 1 atom stereocenters. The minimum absolute atomic E-state index is 0.184. The summed E-state index contributed by atoms with van der Waals surface area (Å²) in [7, 11) is -3.31. The van der Waals surface area contributed by atoms with Crippen molar-refractivity contribution in [3.8, 4) is 0 Å². The van der Waals surface area contributed by atoms with E-state index in [0.29, 0.717) is 37.4 Å². The molecule has 10 heteroatoms. The highest BCUT2D eigenvalue weighted by molar-refractivity contribution is 7.90. The Morgan fingerprint density at radius 2 is 1.94 bits per heavy atom. The fourth-order valence-electron chi connectivity index (χ4n) is 3.28. The molecule has 1 aliphatic rings. The van der Waals surface area contributed by atoms with Crippen molar-refractivity contribution >= 4 is 15.9 Å². The van der Waals surface area contributed by atoms with E-state index >= 15 is 0 Å². The summed E-state index contributed by atoms with van der Waals surface area (Å²) in [6.45, 7) is 2.58. The van der Waals surface area contributed by atoms with Crippen molar-refractivity contribution in [2.45, 2.75) is 24.1 Å². The third-order valence-corrected chi connectivity index (χ3v) is 5.99. The Morgan fingerprint density at radius 1 is 1.13 bits per heavy atom. The first-order valence-electron chi connectivity index (χ1n) is 9.79. The van der Waals surface area contributed by atoms with Gasteiger partial charge in [-0.2, -0.15) is 0 Å². The summed E-state index contributed by atoms with van der Waals surface area (Å²) in [5.74, 6) is -1.75. The van der Waals surface area contributed by atoms with Gasteiger partial charge in [-0.25, -0.2) is 22.0 Å². The van der Waals surface area contributed by atoms with Crippen LogP contribution in [0.15, 0.2) is 47.4 Å². The number of halogens is 2. The minimum Gasteiger partial charge on any atom is -0.374 e. The van der Waals surface area contributed by atoms with Crippen LogP contribution in [0.5, 0.6) is 0 Å². The number of nitrogens with zero attached hydrogens (tertiary/aromatic N) is 1. The van der Waals surface area contributed by atoms with Crippen molar-refractivity contribution in [3.63, 3.8) is 0 Å². The van der Waals surface area contributed by atoms with Gasteiger partial charge in [-0.3, -0.25) is 4.90 Å². The van der Waals surface area contributed by atoms with E-state index in [4.69, 9.17) is 4.74 Å². The molecule has 0 unspecified atom stereocenters. The first-order valence-corrected chi connectivity index (χ1v) is 11.7. The second kappa shape index (κ2) is 10.2. The van der Waals surface area contributed by atoms with E-state index < -0.39 is 27.5 Å². The van der Waals surface area contributed by atoms with Gasteiger partial charge in [-0.05, 0) is 35.4 Å². The quantitative estimate of drug-likeness (QED) is 0.670. The Kier molecular flexibility index (Phi) is 7.58. The lowest BCUT2D eigenvalue weighted by Gasteiger charge is -2.33. The zero-order chi connectivity index (χ0) is 22.4. The van der Waals surface area contributed by atoms with Gasteiger partial charge in [0.2, 0.25) is 0 Å². The van der Waals surface area contributed by atoms with Gasteiger partial charge in [0.15, 0.2) is 21.5 Å². The molecular weight excluding hydrogens is 428 g/mol. The van der Waals surface area contributed by atoms with Crippen molar-refractivity contribution in [1.29, 1.82) is 0 Å². The van der Waals surface area contributed by atoms with E-state index in [1.165, 1.54) is 18.2 Å². The largest absolute Gasteiger partial charge is 0.374 e. The smallest absolute Gasteiger partial charge is 0.315 e. The number of benzene rings is 2. The molecule has 1 aliphatic heterocycles. The second-order valence-corrected chi connectivity index (χ2v) is 9.48. The van der Waals surface area contributed by atoms with Crippen LogP contribution in [-0.2, 0) is 27.7 Å². The van der Waals surface area contributed by atoms with Gasteiger partial charge in [-0.15, -0.1) is 0 Å². The van der Waals surface area contributed by atoms with E-state index in [1.54, 1.807) is 18.2 Å². The van der Waals surface area contributed by atoms with Gasteiger partial charge in [0.05, 0.1) is 17.6 Å². The fraction of sp³-hybridized carbons (Fsp3) is 0.381. The molecule has 7 nitrogen and oxygen atoms in total. The van der Waals surface area contributed by atoms with E-state index in [2.05, 4.69) is 15.5 Å². The Labute approximate surface area is 180 Å². The first kappa shape index (κ1) is 23.1. The molecule has 1 saturated heterocycles. The van der Waals surface area contributed by atoms with Crippen LogP contribution >= 0.6 is 0 Å². The molecule has 2 N–H and O–H groups in total. The first-order chi connectivity index (χ1) is 14.7. The van der Waals surface area contributed by atoms with Crippen LogP contribution < -0.4 is 10.6 Å². The average molecular weight is 454 g/mol. The number of ether oxygens (including phenoxy) is 1. The maximum atomic E-state index is 13.4. The van der Waals surface area contributed by atoms with Gasteiger partial charge < -0.3 is 15.4 Å². The fourth-order valence-corrected chi connectivity index (χ4v) is 3.97. The molecule has 0 aromatic heterocycles. The highest BCUT2D eigenvalue weighted by Gasteiger charge is 2.21. The maximum Gasteiger partial charge on any atom is 0.315 e. The molecule has 1 fully saturated rings. The number of hydrogen-bond acceptors (Lipinski definition) is 5. The van der Waals surface area contributed by atoms with Gasteiger partial charge in [-0.1, -0.05) is 18.2 Å². The zero-order valence-electron chi connectivity index (χ0n) is 17.1. The third-order valence-electron chi connectivity index (χ3n) is 4.88. The number of rotatable bonds is 7. The van der Waals surface area contributed by atoms with Crippen LogP contribution in [0, 0.1) is 11.6 Å². The molecule has 2 aromatic rings. The zero-order valence-corrected chi connectivity index (χ0v) is 17.9. The predicted molar refractivity (Wildman–Crippen MR) is 111 cm³/mol. The summed E-state index contributed by atoms with van der Waals surface area (Å²) in [5, 5.41) is 5.43. The normalized spacial score (nSPS) is 17.3. The lowest BCUT2D eigenvalue weighted by molar-refractivity contribution is -0.0287. The SMILES string of the molecule is CS(=O)(=O)c1cccc(CNC(=O)NC[C@H]2CN(Cc3ccc(F)c(F)c3)CCO2)c1. The summed E-state index contributed by atoms with van der Waals surface area (Å²) in [5.41, 5.74) is 1.34. The Bertz CT molecular complexity index is 1030. The molecule has 168 valence electrons. The molecule has 0 bridgehead atoms. The third kappa shape index (κ3) is 6.98. The van der Waals surface area contributed by atoms with Crippen LogP contribution in [0.3, 0.4) is 0 Å². The molecular formula is C21H25F2N3O4S. The molecule has 2 amide bonds. The second-order valence-electron chi connectivity index (χ2n) is 7.46. The number of hydrogen-bond donors (Lipinski definition) is 2. The number of carbonyl (C=O) groups excluding carboxylic acids is 1. The van der Waals surface area contributed by atoms with Gasteiger partial charge >= 0.3 is 6.03 Å². The highest BCUT2D eigenvalue weighted by atomic mass is 32.2. The monoisotopic (exact) mass is 453 g/mol. The van der Waals surface area contributed by atoms with E-state index in [-0.39, 0.29) is 24.1 Å².